The van der Waals surface area contributed by atoms with Crippen molar-refractivity contribution in [2.45, 2.75) is 12.8 Å². The Labute approximate surface area is 109 Å². The van der Waals surface area contributed by atoms with Crippen LogP contribution in [0, 0.1) is 0 Å². The molecule has 0 aliphatic rings. The molecule has 0 atom stereocenters. The second-order valence-corrected chi connectivity index (χ2v) is 4.47. The third-order valence-corrected chi connectivity index (χ3v) is 2.88. The highest BCUT2D eigenvalue weighted by molar-refractivity contribution is 6.35. The molecule has 1 aromatic carbocycles. The van der Waals surface area contributed by atoms with Gasteiger partial charge in [0.15, 0.2) is 5.82 Å². The maximum Gasteiger partial charge on any atom is 0.182 e. The Hall–Kier alpha value is -1.10. The minimum absolute atomic E-state index is 0.560. The average molecular weight is 271 g/mol. The quantitative estimate of drug-likeness (QED) is 0.898. The molecule has 2 rings (SSSR count). The zero-order valence-corrected chi connectivity index (χ0v) is 10.6. The minimum Gasteiger partial charge on any atom is -0.330 e. The maximum absolute atomic E-state index is 6.07. The standard InChI is InChI=1S/C11H12Cl2N4/c12-7-3-4-9(13)8(6-7)11-15-10(16-17-11)2-1-5-14/h3-4,6H,1-2,5,14H2,(H,15,16,17). The molecule has 0 aliphatic heterocycles. The summed E-state index contributed by atoms with van der Waals surface area (Å²) in [4.78, 5) is 4.35. The van der Waals surface area contributed by atoms with Crippen LogP contribution in [-0.2, 0) is 6.42 Å². The van der Waals surface area contributed by atoms with Crippen LogP contribution in [0.2, 0.25) is 10.0 Å². The molecule has 0 aliphatic carbocycles. The molecule has 90 valence electrons. The Bertz CT molecular complexity index is 510. The summed E-state index contributed by atoms with van der Waals surface area (Å²) >= 11 is 12.0. The topological polar surface area (TPSA) is 67.6 Å². The Morgan fingerprint density at radius 2 is 2.12 bits per heavy atom. The third-order valence-electron chi connectivity index (χ3n) is 2.32. The molecular formula is C11H12Cl2N4. The van der Waals surface area contributed by atoms with Crippen LogP contribution in [-0.4, -0.2) is 21.7 Å². The van der Waals surface area contributed by atoms with Crippen molar-refractivity contribution in [3.8, 4) is 11.4 Å². The number of rotatable bonds is 4. The first-order valence-corrected chi connectivity index (χ1v) is 6.03. The number of hydrogen-bond donors (Lipinski definition) is 2. The predicted molar refractivity (Wildman–Crippen MR) is 69.2 cm³/mol. The average Bonchev–Trinajstić information content (AvgIpc) is 2.78. The Morgan fingerprint density at radius 1 is 1.29 bits per heavy atom. The Kier molecular flexibility index (Phi) is 3.99. The summed E-state index contributed by atoms with van der Waals surface area (Å²) in [5, 5.41) is 8.18. The number of hydrogen-bond acceptors (Lipinski definition) is 3. The maximum atomic E-state index is 6.07. The molecule has 6 heteroatoms. The van der Waals surface area contributed by atoms with Gasteiger partial charge in [-0.05, 0) is 31.2 Å². The van der Waals surface area contributed by atoms with Gasteiger partial charge in [0.1, 0.15) is 5.82 Å². The van der Waals surface area contributed by atoms with Crippen molar-refractivity contribution in [1.29, 1.82) is 0 Å². The van der Waals surface area contributed by atoms with E-state index in [0.29, 0.717) is 22.4 Å². The van der Waals surface area contributed by atoms with E-state index in [1.54, 1.807) is 18.2 Å². The van der Waals surface area contributed by atoms with E-state index >= 15 is 0 Å². The number of benzene rings is 1. The van der Waals surface area contributed by atoms with E-state index in [1.165, 1.54) is 0 Å². The van der Waals surface area contributed by atoms with Gasteiger partial charge in [-0.2, -0.15) is 5.10 Å². The lowest BCUT2D eigenvalue weighted by Crippen LogP contribution is -2.01. The summed E-state index contributed by atoms with van der Waals surface area (Å²) in [6, 6.07) is 5.21. The number of nitrogens with one attached hydrogen (secondary N) is 1. The molecule has 1 aromatic heterocycles. The monoisotopic (exact) mass is 270 g/mol. The lowest BCUT2D eigenvalue weighted by Gasteiger charge is -1.99. The smallest absolute Gasteiger partial charge is 0.182 e. The minimum atomic E-state index is 0.560. The molecule has 0 saturated carbocycles. The summed E-state index contributed by atoms with van der Waals surface area (Å²) < 4.78 is 0. The largest absolute Gasteiger partial charge is 0.330 e. The summed E-state index contributed by atoms with van der Waals surface area (Å²) in [5.41, 5.74) is 6.17. The predicted octanol–water partition coefficient (Wildman–Crippen LogP) is 2.67. The van der Waals surface area contributed by atoms with E-state index in [4.69, 9.17) is 28.9 Å². The molecule has 0 amide bonds. The second-order valence-electron chi connectivity index (χ2n) is 3.62. The number of aromatic amines is 1. The second kappa shape index (κ2) is 5.49. The summed E-state index contributed by atoms with van der Waals surface area (Å²) in [6.45, 7) is 0.633. The highest BCUT2D eigenvalue weighted by Gasteiger charge is 2.10. The third kappa shape index (κ3) is 2.97. The van der Waals surface area contributed by atoms with Crippen molar-refractivity contribution in [3.05, 3.63) is 34.1 Å². The van der Waals surface area contributed by atoms with Gasteiger partial charge < -0.3 is 5.73 Å². The van der Waals surface area contributed by atoms with Crippen LogP contribution in [0.5, 0.6) is 0 Å². The normalized spacial score (nSPS) is 10.8. The fourth-order valence-corrected chi connectivity index (χ4v) is 1.84. The van der Waals surface area contributed by atoms with E-state index < -0.39 is 0 Å². The molecule has 0 fully saturated rings. The molecule has 0 unspecified atom stereocenters. The first kappa shape index (κ1) is 12.4. The van der Waals surface area contributed by atoms with Gasteiger partial charge in [-0.25, -0.2) is 4.98 Å². The van der Waals surface area contributed by atoms with Gasteiger partial charge in [-0.3, -0.25) is 5.10 Å². The molecule has 0 bridgehead atoms. The van der Waals surface area contributed by atoms with Crippen LogP contribution in [0.1, 0.15) is 12.2 Å². The summed E-state index contributed by atoms with van der Waals surface area (Å²) in [7, 11) is 0. The number of nitrogens with zero attached hydrogens (tertiary/aromatic N) is 2. The molecule has 4 nitrogen and oxygen atoms in total. The van der Waals surface area contributed by atoms with Gasteiger partial charge in [0.25, 0.3) is 0 Å². The van der Waals surface area contributed by atoms with Gasteiger partial charge in [-0.1, -0.05) is 23.2 Å². The highest BCUT2D eigenvalue weighted by Crippen LogP contribution is 2.28. The van der Waals surface area contributed by atoms with E-state index in [1.807, 2.05) is 0 Å². The molecule has 0 saturated heterocycles. The van der Waals surface area contributed by atoms with Crippen molar-refractivity contribution in [3.63, 3.8) is 0 Å². The zero-order chi connectivity index (χ0) is 12.3. The van der Waals surface area contributed by atoms with Crippen molar-refractivity contribution >= 4 is 23.2 Å². The van der Waals surface area contributed by atoms with Crippen LogP contribution >= 0.6 is 23.2 Å². The van der Waals surface area contributed by atoms with Crippen molar-refractivity contribution in [2.24, 2.45) is 5.73 Å². The highest BCUT2D eigenvalue weighted by atomic mass is 35.5. The zero-order valence-electron chi connectivity index (χ0n) is 9.08. The number of aromatic nitrogens is 3. The van der Waals surface area contributed by atoms with Gasteiger partial charge in [0, 0.05) is 17.0 Å². The molecule has 0 spiro atoms. The van der Waals surface area contributed by atoms with Gasteiger partial charge in [0.05, 0.1) is 5.02 Å². The van der Waals surface area contributed by atoms with Gasteiger partial charge >= 0.3 is 0 Å². The van der Waals surface area contributed by atoms with Crippen LogP contribution in [0.15, 0.2) is 18.2 Å². The van der Waals surface area contributed by atoms with Crippen molar-refractivity contribution in [1.82, 2.24) is 15.2 Å². The van der Waals surface area contributed by atoms with E-state index in [-0.39, 0.29) is 0 Å². The lowest BCUT2D eigenvalue weighted by molar-refractivity contribution is 0.785. The fourth-order valence-electron chi connectivity index (χ4n) is 1.47. The lowest BCUT2D eigenvalue weighted by atomic mass is 10.2. The van der Waals surface area contributed by atoms with Gasteiger partial charge in [-0.15, -0.1) is 0 Å². The van der Waals surface area contributed by atoms with Crippen LogP contribution in [0.25, 0.3) is 11.4 Å². The first-order valence-electron chi connectivity index (χ1n) is 5.27. The van der Waals surface area contributed by atoms with Crippen molar-refractivity contribution in [2.75, 3.05) is 6.54 Å². The fraction of sp³-hybridized carbons (Fsp3) is 0.273. The Morgan fingerprint density at radius 3 is 2.88 bits per heavy atom. The number of nitrogens with two attached hydrogens (primary N) is 1. The molecular weight excluding hydrogens is 259 g/mol. The number of aryl methyl sites for hydroxylation is 1. The van der Waals surface area contributed by atoms with Crippen LogP contribution in [0.3, 0.4) is 0 Å². The van der Waals surface area contributed by atoms with E-state index in [2.05, 4.69) is 15.2 Å². The molecule has 3 N–H and O–H groups in total. The molecule has 17 heavy (non-hydrogen) atoms. The molecule has 2 aromatic rings. The first-order chi connectivity index (χ1) is 8.20. The molecule has 1 heterocycles. The van der Waals surface area contributed by atoms with E-state index in [9.17, 15) is 0 Å². The molecule has 0 radical (unpaired) electrons. The number of H-pyrrole nitrogens is 1. The number of halogens is 2. The van der Waals surface area contributed by atoms with Crippen molar-refractivity contribution < 1.29 is 0 Å². The van der Waals surface area contributed by atoms with Gasteiger partial charge in [0.2, 0.25) is 0 Å². The summed E-state index contributed by atoms with van der Waals surface area (Å²) in [5.74, 6) is 1.37. The Balaban J connectivity index is 2.27. The SMILES string of the molecule is NCCCc1nc(-c2cc(Cl)ccc2Cl)n[nH]1. The summed E-state index contributed by atoms with van der Waals surface area (Å²) in [6.07, 6.45) is 1.65. The van der Waals surface area contributed by atoms with Crippen LogP contribution in [0.4, 0.5) is 0 Å². The van der Waals surface area contributed by atoms with Crippen LogP contribution < -0.4 is 5.73 Å². The van der Waals surface area contributed by atoms with E-state index in [0.717, 1.165) is 24.2 Å².